The molecule has 2 aliphatic carbocycles. The quantitative estimate of drug-likeness (QED) is 0.297. The number of Topliss-reactive ketones (excluding diaryl/α,β-unsaturated/α-hetero) is 2. The van der Waals surface area contributed by atoms with Crippen molar-refractivity contribution in [1.29, 1.82) is 0 Å². The van der Waals surface area contributed by atoms with Crippen molar-refractivity contribution in [3.63, 3.8) is 0 Å². The molecule has 198 valence electrons. The van der Waals surface area contributed by atoms with Crippen molar-refractivity contribution in [3.05, 3.63) is 22.7 Å². The van der Waals surface area contributed by atoms with E-state index >= 15 is 0 Å². The van der Waals surface area contributed by atoms with Gasteiger partial charge in [0.05, 0.1) is 22.6 Å². The van der Waals surface area contributed by atoms with Crippen LogP contribution in [0.2, 0.25) is 0 Å². The van der Waals surface area contributed by atoms with Gasteiger partial charge in [-0.05, 0) is 37.5 Å². The van der Waals surface area contributed by atoms with Gasteiger partial charge < -0.3 is 20.4 Å². The normalized spacial score (nSPS) is 26.5. The zero-order valence-corrected chi connectivity index (χ0v) is 21.7. The lowest BCUT2D eigenvalue weighted by molar-refractivity contribution is -0.138. The number of aliphatic hydroxyl groups is 2. The first kappa shape index (κ1) is 28.9. The zero-order valence-electron chi connectivity index (χ0n) is 21.7. The number of hydrogen-bond acceptors (Lipinski definition) is 8. The predicted molar refractivity (Wildman–Crippen MR) is 134 cm³/mol. The van der Waals surface area contributed by atoms with Crippen molar-refractivity contribution in [2.75, 3.05) is 0 Å². The standard InChI is InChI=1S/C26H36N2O8/c1-13(23(33)34)27-15-9-25(3,4)11-19(31)21(15)17(29)7-8-18(30)22-16(28-14(2)24(35)36)10-26(5,6)12-20(22)32/h13-14,29-30H,7-12H2,1-6H3,(H,33,34)(H,35,36). The van der Waals surface area contributed by atoms with Crippen LogP contribution in [0.5, 0.6) is 0 Å². The molecular weight excluding hydrogens is 468 g/mol. The van der Waals surface area contributed by atoms with E-state index in [0.29, 0.717) is 12.8 Å². The number of carboxylic acids is 2. The number of aliphatic imine (C=N–C) groups is 2. The molecule has 0 amide bonds. The molecule has 2 aliphatic rings. The van der Waals surface area contributed by atoms with Gasteiger partial charge in [0.2, 0.25) is 0 Å². The number of aliphatic hydroxyl groups excluding tert-OH is 2. The second kappa shape index (κ2) is 10.8. The van der Waals surface area contributed by atoms with E-state index in [2.05, 4.69) is 9.98 Å². The van der Waals surface area contributed by atoms with Crippen LogP contribution in [0.3, 0.4) is 0 Å². The van der Waals surface area contributed by atoms with E-state index in [9.17, 15) is 39.6 Å². The van der Waals surface area contributed by atoms with Crippen LogP contribution in [0.4, 0.5) is 0 Å². The number of carbonyl (C=O) groups is 4. The van der Waals surface area contributed by atoms with Gasteiger partial charge in [-0.25, -0.2) is 9.59 Å². The van der Waals surface area contributed by atoms with E-state index in [4.69, 9.17) is 0 Å². The van der Waals surface area contributed by atoms with E-state index in [0.717, 1.165) is 0 Å². The molecule has 0 bridgehead atoms. The highest BCUT2D eigenvalue weighted by Gasteiger charge is 2.38. The fourth-order valence-corrected chi connectivity index (χ4v) is 4.52. The van der Waals surface area contributed by atoms with E-state index in [1.807, 2.05) is 27.7 Å². The summed E-state index contributed by atoms with van der Waals surface area (Å²) in [7, 11) is 0. The highest BCUT2D eigenvalue weighted by Crippen LogP contribution is 2.38. The molecule has 10 heteroatoms. The molecule has 0 aromatic heterocycles. The molecule has 0 radical (unpaired) electrons. The topological polar surface area (TPSA) is 174 Å². The van der Waals surface area contributed by atoms with Crippen LogP contribution in [-0.2, 0) is 19.2 Å². The third-order valence-corrected chi connectivity index (χ3v) is 6.29. The maximum absolute atomic E-state index is 12.9. The first-order valence-electron chi connectivity index (χ1n) is 11.9. The Morgan fingerprint density at radius 3 is 1.28 bits per heavy atom. The first-order chi connectivity index (χ1) is 16.4. The van der Waals surface area contributed by atoms with Crippen molar-refractivity contribution in [2.45, 2.75) is 92.2 Å². The molecule has 2 unspecified atom stereocenters. The average Bonchev–Trinajstić information content (AvgIpc) is 2.69. The molecule has 0 aliphatic heterocycles. The van der Waals surface area contributed by atoms with Crippen molar-refractivity contribution < 1.29 is 39.6 Å². The number of nitrogens with zero attached hydrogens (tertiary/aromatic N) is 2. The molecule has 2 rings (SSSR count). The smallest absolute Gasteiger partial charge is 0.328 e. The highest BCUT2D eigenvalue weighted by atomic mass is 16.4. The summed E-state index contributed by atoms with van der Waals surface area (Å²) in [5, 5.41) is 40.1. The van der Waals surface area contributed by atoms with Crippen LogP contribution in [0, 0.1) is 10.8 Å². The van der Waals surface area contributed by atoms with E-state index in [1.165, 1.54) is 13.8 Å². The molecular formula is C26H36N2O8. The summed E-state index contributed by atoms with van der Waals surface area (Å²) in [4.78, 5) is 56.7. The summed E-state index contributed by atoms with van der Waals surface area (Å²) in [6.45, 7) is 10.2. The van der Waals surface area contributed by atoms with E-state index in [-0.39, 0.29) is 71.3 Å². The fourth-order valence-electron chi connectivity index (χ4n) is 4.52. The van der Waals surface area contributed by atoms with Crippen LogP contribution in [0.1, 0.15) is 80.1 Å². The van der Waals surface area contributed by atoms with Gasteiger partial charge in [-0.2, -0.15) is 0 Å². The lowest BCUT2D eigenvalue weighted by atomic mass is 9.72. The molecule has 0 aromatic rings. The fraction of sp³-hybridized carbons (Fsp3) is 0.615. The Labute approximate surface area is 210 Å². The van der Waals surface area contributed by atoms with Crippen LogP contribution in [0.25, 0.3) is 0 Å². The van der Waals surface area contributed by atoms with Gasteiger partial charge in [0.25, 0.3) is 0 Å². The molecule has 2 fully saturated rings. The Kier molecular flexibility index (Phi) is 8.65. The molecule has 0 spiro atoms. The molecule has 2 atom stereocenters. The molecule has 36 heavy (non-hydrogen) atoms. The Bertz CT molecular complexity index is 1010. The largest absolute Gasteiger partial charge is 0.511 e. The van der Waals surface area contributed by atoms with Gasteiger partial charge in [0, 0.05) is 25.7 Å². The van der Waals surface area contributed by atoms with Gasteiger partial charge in [-0.15, -0.1) is 0 Å². The number of hydrogen-bond donors (Lipinski definition) is 4. The third kappa shape index (κ3) is 7.11. The lowest BCUT2D eigenvalue weighted by Crippen LogP contribution is -2.34. The minimum absolute atomic E-state index is 0.0512. The molecule has 0 aromatic carbocycles. The third-order valence-electron chi connectivity index (χ3n) is 6.29. The number of carbonyl (C=O) groups excluding carboxylic acids is 2. The zero-order chi connectivity index (χ0) is 27.6. The average molecular weight is 505 g/mol. The van der Waals surface area contributed by atoms with Gasteiger partial charge in [-0.1, -0.05) is 27.7 Å². The Morgan fingerprint density at radius 2 is 1.00 bits per heavy atom. The molecule has 0 saturated heterocycles. The van der Waals surface area contributed by atoms with E-state index in [1.54, 1.807) is 0 Å². The number of rotatable bonds is 7. The highest BCUT2D eigenvalue weighted by molar-refractivity contribution is 6.25. The second-order valence-electron chi connectivity index (χ2n) is 11.2. The Hall–Kier alpha value is -3.30. The lowest BCUT2D eigenvalue weighted by Gasteiger charge is -2.32. The van der Waals surface area contributed by atoms with Gasteiger partial charge in [0.15, 0.2) is 11.6 Å². The number of carboxylic acid groups (broad SMARTS) is 2. The van der Waals surface area contributed by atoms with Gasteiger partial charge in [0.1, 0.15) is 23.6 Å². The summed E-state index contributed by atoms with van der Waals surface area (Å²) in [5.41, 5.74) is -0.632. The summed E-state index contributed by atoms with van der Waals surface area (Å²) < 4.78 is 0. The van der Waals surface area contributed by atoms with Gasteiger partial charge in [-0.3, -0.25) is 19.6 Å². The SMILES string of the molecule is CC(N=C1CC(C)(C)CC(=O)C1=C(O)CCC(O)=C1C(=O)CC(C)(C)CC1=NC(C)C(=O)O)C(=O)O. The summed E-state index contributed by atoms with van der Waals surface area (Å²) in [6, 6.07) is -2.23. The maximum Gasteiger partial charge on any atom is 0.328 e. The Balaban J connectivity index is 2.45. The van der Waals surface area contributed by atoms with Crippen LogP contribution < -0.4 is 0 Å². The molecule has 4 N–H and O–H groups in total. The Morgan fingerprint density at radius 1 is 0.694 bits per heavy atom. The summed E-state index contributed by atoms with van der Waals surface area (Å²) in [5.74, 6) is -3.78. The van der Waals surface area contributed by atoms with Crippen molar-refractivity contribution in [1.82, 2.24) is 0 Å². The van der Waals surface area contributed by atoms with Crippen LogP contribution in [0.15, 0.2) is 32.6 Å². The molecule has 2 saturated carbocycles. The van der Waals surface area contributed by atoms with Crippen LogP contribution in [-0.4, -0.2) is 67.4 Å². The maximum atomic E-state index is 12.9. The first-order valence-corrected chi connectivity index (χ1v) is 11.9. The summed E-state index contributed by atoms with van der Waals surface area (Å²) in [6.07, 6.45) is 0.459. The number of allylic oxidation sites excluding steroid dienone is 4. The van der Waals surface area contributed by atoms with E-state index < -0.39 is 34.9 Å². The van der Waals surface area contributed by atoms with Gasteiger partial charge >= 0.3 is 11.9 Å². The van der Waals surface area contributed by atoms with Crippen molar-refractivity contribution >= 4 is 34.9 Å². The van der Waals surface area contributed by atoms with Crippen molar-refractivity contribution in [2.24, 2.45) is 20.8 Å². The monoisotopic (exact) mass is 504 g/mol. The molecule has 0 heterocycles. The summed E-state index contributed by atoms with van der Waals surface area (Å²) >= 11 is 0. The number of ketones is 2. The predicted octanol–water partition coefficient (Wildman–Crippen LogP) is 4.00. The molecule has 10 nitrogen and oxygen atoms in total. The minimum atomic E-state index is -1.17. The van der Waals surface area contributed by atoms with Crippen molar-refractivity contribution in [3.8, 4) is 0 Å². The minimum Gasteiger partial charge on any atom is -0.511 e. The number of aliphatic carboxylic acids is 2. The van der Waals surface area contributed by atoms with Crippen LogP contribution >= 0.6 is 0 Å². The second-order valence-corrected chi connectivity index (χ2v) is 11.2.